The van der Waals surface area contributed by atoms with Gasteiger partial charge in [-0.05, 0) is 12.5 Å². The molecule has 0 bridgehead atoms. The number of nitrogen functional groups attached to an aromatic ring is 1. The second-order valence-corrected chi connectivity index (χ2v) is 4.51. The van der Waals surface area contributed by atoms with Crippen molar-refractivity contribution in [1.29, 1.82) is 0 Å². The van der Waals surface area contributed by atoms with Crippen molar-refractivity contribution in [3.05, 3.63) is 54.0 Å². The van der Waals surface area contributed by atoms with Gasteiger partial charge in [-0.3, -0.25) is 0 Å². The minimum absolute atomic E-state index is 0.469. The first-order valence-electron chi connectivity index (χ1n) is 6.11. The summed E-state index contributed by atoms with van der Waals surface area (Å²) in [7, 11) is 0. The lowest BCUT2D eigenvalue weighted by molar-refractivity contribution is 1.07. The minimum atomic E-state index is 0.469. The van der Waals surface area contributed by atoms with Crippen molar-refractivity contribution in [2.75, 3.05) is 11.1 Å². The van der Waals surface area contributed by atoms with Gasteiger partial charge >= 0.3 is 0 Å². The standard InChI is InChI=1S/C14H15N5/c1-10-2-4-11(5-3-10)8-17-13-14-16-6-7-19(14)9-12(15)18-13/h2-7,9H,8,15H2,1H3,(H,17,18). The smallest absolute Gasteiger partial charge is 0.180 e. The van der Waals surface area contributed by atoms with E-state index in [1.54, 1.807) is 12.4 Å². The summed E-state index contributed by atoms with van der Waals surface area (Å²) in [6.07, 6.45) is 5.33. The van der Waals surface area contributed by atoms with Crippen LogP contribution in [0.25, 0.3) is 5.65 Å². The number of imidazole rings is 1. The van der Waals surface area contributed by atoms with Gasteiger partial charge in [-0.25, -0.2) is 9.97 Å². The molecular weight excluding hydrogens is 238 g/mol. The maximum atomic E-state index is 5.77. The first kappa shape index (κ1) is 11.5. The molecule has 0 amide bonds. The maximum Gasteiger partial charge on any atom is 0.180 e. The van der Waals surface area contributed by atoms with E-state index in [0.29, 0.717) is 18.2 Å². The Morgan fingerprint density at radius 2 is 2.05 bits per heavy atom. The molecule has 0 aliphatic heterocycles. The Kier molecular flexibility index (Phi) is 2.79. The zero-order valence-electron chi connectivity index (χ0n) is 10.7. The number of nitrogens with one attached hydrogen (secondary N) is 1. The highest BCUT2D eigenvalue weighted by atomic mass is 15.1. The van der Waals surface area contributed by atoms with Gasteiger partial charge < -0.3 is 15.5 Å². The monoisotopic (exact) mass is 253 g/mol. The van der Waals surface area contributed by atoms with Gasteiger partial charge in [0.1, 0.15) is 5.82 Å². The summed E-state index contributed by atoms with van der Waals surface area (Å²) in [5, 5.41) is 3.28. The van der Waals surface area contributed by atoms with E-state index in [2.05, 4.69) is 46.5 Å². The quantitative estimate of drug-likeness (QED) is 0.751. The third-order valence-electron chi connectivity index (χ3n) is 2.97. The van der Waals surface area contributed by atoms with Gasteiger partial charge in [0.05, 0.1) is 6.20 Å². The molecule has 2 heterocycles. The molecular formula is C14H15N5. The lowest BCUT2D eigenvalue weighted by atomic mass is 10.1. The highest BCUT2D eigenvalue weighted by Crippen LogP contribution is 2.15. The van der Waals surface area contributed by atoms with E-state index >= 15 is 0 Å². The van der Waals surface area contributed by atoms with Crippen molar-refractivity contribution < 1.29 is 0 Å². The maximum absolute atomic E-state index is 5.77. The third-order valence-corrected chi connectivity index (χ3v) is 2.97. The SMILES string of the molecule is Cc1ccc(CNc2nc(N)cn3ccnc23)cc1. The fourth-order valence-electron chi connectivity index (χ4n) is 1.96. The lowest BCUT2D eigenvalue weighted by Gasteiger charge is -2.08. The second-order valence-electron chi connectivity index (χ2n) is 4.51. The van der Waals surface area contributed by atoms with E-state index in [9.17, 15) is 0 Å². The van der Waals surface area contributed by atoms with E-state index in [1.807, 2.05) is 10.6 Å². The average Bonchev–Trinajstić information content (AvgIpc) is 2.85. The lowest BCUT2D eigenvalue weighted by Crippen LogP contribution is -2.06. The van der Waals surface area contributed by atoms with Crippen molar-refractivity contribution in [2.24, 2.45) is 0 Å². The molecule has 5 nitrogen and oxygen atoms in total. The number of aromatic nitrogens is 3. The molecule has 0 saturated carbocycles. The van der Waals surface area contributed by atoms with Crippen LogP contribution in [0, 0.1) is 6.92 Å². The Hall–Kier alpha value is -2.56. The molecule has 0 radical (unpaired) electrons. The van der Waals surface area contributed by atoms with Crippen LogP contribution in [-0.2, 0) is 6.54 Å². The molecule has 19 heavy (non-hydrogen) atoms. The molecule has 3 rings (SSSR count). The number of anilines is 2. The average molecular weight is 253 g/mol. The Morgan fingerprint density at radius 3 is 2.84 bits per heavy atom. The van der Waals surface area contributed by atoms with Gasteiger partial charge in [-0.15, -0.1) is 0 Å². The third kappa shape index (κ3) is 2.35. The van der Waals surface area contributed by atoms with Crippen LogP contribution in [0.4, 0.5) is 11.6 Å². The van der Waals surface area contributed by atoms with E-state index in [0.717, 1.165) is 5.65 Å². The van der Waals surface area contributed by atoms with Gasteiger partial charge in [0.25, 0.3) is 0 Å². The van der Waals surface area contributed by atoms with E-state index in [1.165, 1.54) is 11.1 Å². The highest BCUT2D eigenvalue weighted by molar-refractivity contribution is 5.64. The zero-order valence-corrected chi connectivity index (χ0v) is 10.7. The highest BCUT2D eigenvalue weighted by Gasteiger charge is 2.05. The molecule has 0 saturated heterocycles. The molecule has 0 aliphatic rings. The Labute approximate surface area is 111 Å². The second kappa shape index (κ2) is 4.61. The number of benzene rings is 1. The zero-order chi connectivity index (χ0) is 13.2. The van der Waals surface area contributed by atoms with E-state index in [4.69, 9.17) is 5.73 Å². The number of hydrogen-bond acceptors (Lipinski definition) is 4. The van der Waals surface area contributed by atoms with Crippen LogP contribution in [0.2, 0.25) is 0 Å². The number of fused-ring (bicyclic) bond motifs is 1. The van der Waals surface area contributed by atoms with Crippen LogP contribution in [-0.4, -0.2) is 14.4 Å². The van der Waals surface area contributed by atoms with Crippen LogP contribution >= 0.6 is 0 Å². The summed E-state index contributed by atoms with van der Waals surface area (Å²) in [5.74, 6) is 1.17. The van der Waals surface area contributed by atoms with Gasteiger partial charge in [-0.1, -0.05) is 29.8 Å². The number of hydrogen-bond donors (Lipinski definition) is 2. The Balaban J connectivity index is 1.85. The number of nitrogens with zero attached hydrogens (tertiary/aromatic N) is 3. The van der Waals surface area contributed by atoms with Crippen molar-refractivity contribution >= 4 is 17.3 Å². The molecule has 96 valence electrons. The summed E-state index contributed by atoms with van der Waals surface area (Å²) < 4.78 is 1.86. The first-order chi connectivity index (χ1) is 9.22. The van der Waals surface area contributed by atoms with Gasteiger partial charge in [-0.2, -0.15) is 0 Å². The normalized spacial score (nSPS) is 10.8. The fraction of sp³-hybridized carbons (Fsp3) is 0.143. The molecule has 1 aromatic carbocycles. The van der Waals surface area contributed by atoms with Crippen molar-refractivity contribution in [2.45, 2.75) is 13.5 Å². The molecule has 0 fully saturated rings. The summed E-state index contributed by atoms with van der Waals surface area (Å²) in [6, 6.07) is 8.37. The number of aryl methyl sites for hydroxylation is 1. The molecule has 2 aromatic heterocycles. The van der Waals surface area contributed by atoms with Crippen LogP contribution in [0.5, 0.6) is 0 Å². The summed E-state index contributed by atoms with van der Waals surface area (Å²) in [5.41, 5.74) is 9.00. The molecule has 0 unspecified atom stereocenters. The van der Waals surface area contributed by atoms with E-state index < -0.39 is 0 Å². The minimum Gasteiger partial charge on any atom is -0.382 e. The van der Waals surface area contributed by atoms with Crippen molar-refractivity contribution in [3.63, 3.8) is 0 Å². The molecule has 0 spiro atoms. The first-order valence-corrected chi connectivity index (χ1v) is 6.11. The predicted octanol–water partition coefficient (Wildman–Crippen LogP) is 2.23. The number of nitrogens with two attached hydrogens (primary N) is 1. The van der Waals surface area contributed by atoms with Crippen LogP contribution < -0.4 is 11.1 Å². The fourth-order valence-corrected chi connectivity index (χ4v) is 1.96. The summed E-state index contributed by atoms with van der Waals surface area (Å²) >= 11 is 0. The van der Waals surface area contributed by atoms with Gasteiger partial charge in [0.2, 0.25) is 0 Å². The molecule has 3 aromatic rings. The molecule has 0 aliphatic carbocycles. The molecule has 3 N–H and O–H groups in total. The largest absolute Gasteiger partial charge is 0.382 e. The van der Waals surface area contributed by atoms with Crippen molar-refractivity contribution in [3.8, 4) is 0 Å². The van der Waals surface area contributed by atoms with Gasteiger partial charge in [0, 0.05) is 18.9 Å². The van der Waals surface area contributed by atoms with Crippen LogP contribution in [0.15, 0.2) is 42.9 Å². The Morgan fingerprint density at radius 1 is 1.26 bits per heavy atom. The summed E-state index contributed by atoms with van der Waals surface area (Å²) in [6.45, 7) is 2.77. The Bertz CT molecular complexity index is 699. The summed E-state index contributed by atoms with van der Waals surface area (Å²) in [4.78, 5) is 8.56. The molecule has 0 atom stereocenters. The van der Waals surface area contributed by atoms with Crippen LogP contribution in [0.3, 0.4) is 0 Å². The van der Waals surface area contributed by atoms with Gasteiger partial charge in [0.15, 0.2) is 11.5 Å². The molecule has 5 heteroatoms. The van der Waals surface area contributed by atoms with E-state index in [-0.39, 0.29) is 0 Å². The van der Waals surface area contributed by atoms with Crippen LogP contribution in [0.1, 0.15) is 11.1 Å². The topological polar surface area (TPSA) is 68.2 Å². The van der Waals surface area contributed by atoms with Crippen molar-refractivity contribution in [1.82, 2.24) is 14.4 Å². The predicted molar refractivity (Wildman–Crippen MR) is 75.9 cm³/mol. The number of rotatable bonds is 3.